The Morgan fingerprint density at radius 1 is 1.30 bits per heavy atom. The highest BCUT2D eigenvalue weighted by atomic mass is 32.2. The molecule has 0 atom stereocenters. The first-order valence-corrected chi connectivity index (χ1v) is 8.36. The largest absolute Gasteiger partial charge is 0.326 e. The lowest BCUT2D eigenvalue weighted by atomic mass is 9.95. The predicted molar refractivity (Wildman–Crippen MR) is 80.4 cm³/mol. The molecule has 2 rings (SSSR count). The Bertz CT molecular complexity index is 645. The topological polar surface area (TPSA) is 66.5 Å². The van der Waals surface area contributed by atoms with Gasteiger partial charge in [0.25, 0.3) is 0 Å². The number of hydrogen-bond acceptors (Lipinski definition) is 3. The molecule has 0 unspecified atom stereocenters. The number of nitrogens with zero attached hydrogens (tertiary/aromatic N) is 1. The van der Waals surface area contributed by atoms with E-state index in [1.807, 2.05) is 26.8 Å². The summed E-state index contributed by atoms with van der Waals surface area (Å²) >= 11 is 0. The van der Waals surface area contributed by atoms with Crippen molar-refractivity contribution in [3.8, 4) is 0 Å². The van der Waals surface area contributed by atoms with Crippen molar-refractivity contribution < 1.29 is 13.2 Å². The van der Waals surface area contributed by atoms with Gasteiger partial charge in [-0.15, -0.1) is 0 Å². The Morgan fingerprint density at radius 2 is 1.95 bits per heavy atom. The zero-order valence-corrected chi connectivity index (χ0v) is 13.0. The van der Waals surface area contributed by atoms with Crippen LogP contribution in [-0.2, 0) is 21.2 Å². The molecule has 1 aromatic rings. The fraction of sp³-hybridized carbons (Fsp3) is 0.500. The van der Waals surface area contributed by atoms with Crippen LogP contribution < -0.4 is 9.62 Å². The van der Waals surface area contributed by atoms with Gasteiger partial charge in [0.2, 0.25) is 15.9 Å². The number of benzene rings is 1. The summed E-state index contributed by atoms with van der Waals surface area (Å²) in [5, 5.41) is 2.86. The lowest BCUT2D eigenvalue weighted by Gasteiger charge is -2.19. The minimum absolute atomic E-state index is 0.0598. The first kappa shape index (κ1) is 14.8. The van der Waals surface area contributed by atoms with Crippen LogP contribution in [0, 0.1) is 5.41 Å². The molecule has 0 saturated heterocycles. The molecule has 6 heteroatoms. The van der Waals surface area contributed by atoms with E-state index in [1.165, 1.54) is 10.6 Å². The number of amides is 1. The summed E-state index contributed by atoms with van der Waals surface area (Å²) in [7, 11) is -3.23. The average Bonchev–Trinajstić information content (AvgIpc) is 2.70. The van der Waals surface area contributed by atoms with Gasteiger partial charge in [0.1, 0.15) is 0 Å². The molecule has 0 fully saturated rings. The van der Waals surface area contributed by atoms with E-state index in [1.54, 1.807) is 12.1 Å². The monoisotopic (exact) mass is 296 g/mol. The average molecular weight is 296 g/mol. The van der Waals surface area contributed by atoms with Gasteiger partial charge in [-0.25, -0.2) is 8.42 Å². The van der Waals surface area contributed by atoms with Crippen molar-refractivity contribution >= 4 is 27.3 Å². The van der Waals surface area contributed by atoms with Crippen LogP contribution in [0.15, 0.2) is 18.2 Å². The second kappa shape index (κ2) is 4.77. The van der Waals surface area contributed by atoms with Gasteiger partial charge in [-0.3, -0.25) is 9.10 Å². The second-order valence-electron chi connectivity index (χ2n) is 6.13. The Labute approximate surface area is 120 Å². The maximum absolute atomic E-state index is 11.9. The van der Waals surface area contributed by atoms with Crippen molar-refractivity contribution in [3.05, 3.63) is 23.8 Å². The van der Waals surface area contributed by atoms with E-state index in [0.717, 1.165) is 5.56 Å². The third-order valence-corrected chi connectivity index (χ3v) is 4.45. The minimum Gasteiger partial charge on any atom is -0.326 e. The van der Waals surface area contributed by atoms with Crippen molar-refractivity contribution in [3.63, 3.8) is 0 Å². The van der Waals surface area contributed by atoms with Crippen molar-refractivity contribution in [1.29, 1.82) is 0 Å². The molecule has 0 saturated carbocycles. The van der Waals surface area contributed by atoms with Gasteiger partial charge in [-0.1, -0.05) is 20.8 Å². The number of hydrogen-bond donors (Lipinski definition) is 1. The summed E-state index contributed by atoms with van der Waals surface area (Å²) in [4.78, 5) is 11.9. The maximum Gasteiger partial charge on any atom is 0.232 e. The van der Waals surface area contributed by atoms with Crippen LogP contribution in [0.5, 0.6) is 0 Å². The van der Waals surface area contributed by atoms with Crippen molar-refractivity contribution in [2.75, 3.05) is 22.4 Å². The van der Waals surface area contributed by atoms with Gasteiger partial charge >= 0.3 is 0 Å². The summed E-state index contributed by atoms with van der Waals surface area (Å²) < 4.78 is 24.7. The highest BCUT2D eigenvalue weighted by Gasteiger charge is 2.27. The highest BCUT2D eigenvalue weighted by molar-refractivity contribution is 7.92. The second-order valence-corrected chi connectivity index (χ2v) is 8.04. The normalized spacial score (nSPS) is 15.1. The minimum atomic E-state index is -3.23. The van der Waals surface area contributed by atoms with Crippen LogP contribution in [0.2, 0.25) is 0 Å². The van der Waals surface area contributed by atoms with Crippen LogP contribution in [0.4, 0.5) is 11.4 Å². The van der Waals surface area contributed by atoms with Crippen LogP contribution in [-0.4, -0.2) is 27.1 Å². The van der Waals surface area contributed by atoms with E-state index in [9.17, 15) is 13.2 Å². The fourth-order valence-corrected chi connectivity index (χ4v) is 3.07. The number of nitrogens with one attached hydrogen (secondary N) is 1. The summed E-state index contributed by atoms with van der Waals surface area (Å²) in [6.07, 6.45) is 1.87. The molecule has 1 aliphatic heterocycles. The van der Waals surface area contributed by atoms with Gasteiger partial charge in [0.15, 0.2) is 0 Å². The van der Waals surface area contributed by atoms with Gasteiger partial charge in [0, 0.05) is 17.6 Å². The third-order valence-electron chi connectivity index (χ3n) is 3.27. The smallest absolute Gasteiger partial charge is 0.232 e. The van der Waals surface area contributed by atoms with E-state index in [2.05, 4.69) is 5.32 Å². The van der Waals surface area contributed by atoms with E-state index >= 15 is 0 Å². The number of carbonyl (C=O) groups excluding carboxylic acids is 1. The van der Waals surface area contributed by atoms with E-state index in [-0.39, 0.29) is 5.91 Å². The molecule has 20 heavy (non-hydrogen) atoms. The summed E-state index contributed by atoms with van der Waals surface area (Å²) in [5.41, 5.74) is 1.90. The number of rotatable bonds is 2. The number of fused-ring (bicyclic) bond motifs is 1. The van der Waals surface area contributed by atoms with Gasteiger partial charge in [0.05, 0.1) is 11.9 Å². The molecule has 0 aromatic heterocycles. The number of anilines is 2. The Balaban J connectivity index is 2.25. The molecule has 0 aliphatic carbocycles. The molecule has 0 radical (unpaired) electrons. The van der Waals surface area contributed by atoms with Gasteiger partial charge in [-0.05, 0) is 30.2 Å². The van der Waals surface area contributed by atoms with Crippen LogP contribution in [0.25, 0.3) is 0 Å². The molecule has 1 heterocycles. The fourth-order valence-electron chi connectivity index (χ4n) is 2.11. The molecule has 0 spiro atoms. The van der Waals surface area contributed by atoms with Gasteiger partial charge in [-0.2, -0.15) is 0 Å². The Morgan fingerprint density at radius 3 is 2.50 bits per heavy atom. The number of sulfonamides is 1. The van der Waals surface area contributed by atoms with Crippen molar-refractivity contribution in [2.24, 2.45) is 5.41 Å². The Hall–Kier alpha value is -1.56. The van der Waals surface area contributed by atoms with Crippen LogP contribution >= 0.6 is 0 Å². The SMILES string of the molecule is CC(C)(C)C(=O)Nc1ccc2c(c1)CCN2S(C)(=O)=O. The molecule has 1 aromatic carbocycles. The molecule has 1 amide bonds. The molecular weight excluding hydrogens is 276 g/mol. The van der Waals surface area contributed by atoms with Crippen molar-refractivity contribution in [1.82, 2.24) is 0 Å². The molecule has 1 aliphatic rings. The molecule has 110 valence electrons. The predicted octanol–water partition coefficient (Wildman–Crippen LogP) is 1.99. The zero-order valence-electron chi connectivity index (χ0n) is 12.2. The van der Waals surface area contributed by atoms with E-state index < -0.39 is 15.4 Å². The maximum atomic E-state index is 11.9. The van der Waals surface area contributed by atoms with E-state index in [0.29, 0.717) is 24.3 Å². The first-order chi connectivity index (χ1) is 9.09. The summed E-state index contributed by atoms with van der Waals surface area (Å²) in [5.74, 6) is -0.0598. The van der Waals surface area contributed by atoms with Crippen molar-refractivity contribution in [2.45, 2.75) is 27.2 Å². The molecular formula is C14H20N2O3S. The lowest BCUT2D eigenvalue weighted by Crippen LogP contribution is -2.28. The number of carbonyl (C=O) groups is 1. The Kier molecular flexibility index (Phi) is 3.54. The summed E-state index contributed by atoms with van der Waals surface area (Å²) in [6.45, 7) is 6.01. The summed E-state index contributed by atoms with van der Waals surface area (Å²) in [6, 6.07) is 5.35. The highest BCUT2D eigenvalue weighted by Crippen LogP contribution is 2.32. The van der Waals surface area contributed by atoms with Gasteiger partial charge < -0.3 is 5.32 Å². The zero-order chi connectivity index (χ0) is 15.1. The lowest BCUT2D eigenvalue weighted by molar-refractivity contribution is -0.123. The molecule has 1 N–H and O–H groups in total. The third kappa shape index (κ3) is 2.95. The first-order valence-electron chi connectivity index (χ1n) is 6.51. The molecule has 0 bridgehead atoms. The van der Waals surface area contributed by atoms with Crippen LogP contribution in [0.3, 0.4) is 0 Å². The van der Waals surface area contributed by atoms with Crippen LogP contribution in [0.1, 0.15) is 26.3 Å². The molecule has 5 nitrogen and oxygen atoms in total. The quantitative estimate of drug-likeness (QED) is 0.907. The van der Waals surface area contributed by atoms with E-state index in [4.69, 9.17) is 0 Å². The standard InChI is InChI=1S/C14H20N2O3S/c1-14(2,3)13(17)15-11-5-6-12-10(9-11)7-8-16(12)20(4,18)19/h5-6,9H,7-8H2,1-4H3,(H,15,17).